The number of carbonyl (C=O) groups is 3. The molecular formula is C20H21NO7. The molecule has 28 heavy (non-hydrogen) atoms. The number of rotatable bonds is 5. The van der Waals surface area contributed by atoms with Crippen LogP contribution in [-0.4, -0.2) is 40.3 Å². The van der Waals surface area contributed by atoms with E-state index in [-0.39, 0.29) is 0 Å². The first kappa shape index (κ1) is 20.9. The number of carboxylic acids is 1. The van der Waals surface area contributed by atoms with E-state index in [2.05, 4.69) is 4.74 Å². The van der Waals surface area contributed by atoms with Crippen molar-refractivity contribution in [2.45, 2.75) is 32.9 Å². The van der Waals surface area contributed by atoms with E-state index in [0.29, 0.717) is 16.7 Å². The maximum Gasteiger partial charge on any atom is 0.341 e. The number of carbonyl (C=O) groups excluding carboxylic acids is 2. The van der Waals surface area contributed by atoms with Gasteiger partial charge in [0.15, 0.2) is 0 Å². The van der Waals surface area contributed by atoms with Crippen LogP contribution in [0.2, 0.25) is 0 Å². The molecule has 148 valence electrons. The van der Waals surface area contributed by atoms with Gasteiger partial charge in [-0.1, -0.05) is 12.1 Å². The summed E-state index contributed by atoms with van der Waals surface area (Å²) in [4.78, 5) is 47.5. The lowest BCUT2D eigenvalue weighted by atomic mass is 10.0. The number of pyridine rings is 1. The third kappa shape index (κ3) is 5.06. The van der Waals surface area contributed by atoms with Gasteiger partial charge in [0.05, 0.1) is 12.7 Å². The van der Waals surface area contributed by atoms with Gasteiger partial charge in [-0.05, 0) is 50.1 Å². The number of methoxy groups -OCH3 is 1. The zero-order chi connectivity index (χ0) is 21.1. The quantitative estimate of drug-likeness (QED) is 0.784. The second kappa shape index (κ2) is 8.08. The standard InChI is InChI=1S/C20H21NO7/c1-20(2,3)28-16(22)11-21-10-14(9-15(17(21)23)18(24)25)12-5-7-13(8-6-12)19(26)27-4/h5-10H,11H2,1-4H3,(H,24,25). The summed E-state index contributed by atoms with van der Waals surface area (Å²) in [6, 6.07) is 7.45. The number of ether oxygens (including phenoxy) is 2. The van der Waals surface area contributed by atoms with Gasteiger partial charge in [0, 0.05) is 6.20 Å². The Kier molecular flexibility index (Phi) is 6.03. The van der Waals surface area contributed by atoms with E-state index < -0.39 is 41.2 Å². The Labute approximate surface area is 161 Å². The van der Waals surface area contributed by atoms with E-state index in [9.17, 15) is 24.3 Å². The lowest BCUT2D eigenvalue weighted by Gasteiger charge is -2.20. The molecule has 0 bridgehead atoms. The molecule has 0 aliphatic rings. The van der Waals surface area contributed by atoms with E-state index in [0.717, 1.165) is 4.57 Å². The number of carboxylic acid groups (broad SMARTS) is 1. The highest BCUT2D eigenvalue weighted by Crippen LogP contribution is 2.20. The van der Waals surface area contributed by atoms with Crippen molar-refractivity contribution in [1.82, 2.24) is 4.57 Å². The zero-order valence-electron chi connectivity index (χ0n) is 16.0. The molecule has 0 aliphatic heterocycles. The SMILES string of the molecule is COC(=O)c1ccc(-c2cc(C(=O)O)c(=O)n(CC(=O)OC(C)(C)C)c2)cc1. The van der Waals surface area contributed by atoms with E-state index in [1.807, 2.05) is 0 Å². The van der Waals surface area contributed by atoms with Crippen molar-refractivity contribution >= 4 is 17.9 Å². The van der Waals surface area contributed by atoms with Gasteiger partial charge >= 0.3 is 17.9 Å². The lowest BCUT2D eigenvalue weighted by molar-refractivity contribution is -0.155. The number of hydrogen-bond acceptors (Lipinski definition) is 6. The van der Waals surface area contributed by atoms with E-state index in [1.165, 1.54) is 31.5 Å². The molecule has 8 nitrogen and oxygen atoms in total. The summed E-state index contributed by atoms with van der Waals surface area (Å²) >= 11 is 0. The molecule has 0 amide bonds. The molecule has 1 heterocycles. The molecule has 0 radical (unpaired) electrons. The fourth-order valence-corrected chi connectivity index (χ4v) is 2.49. The Morgan fingerprint density at radius 1 is 1.07 bits per heavy atom. The normalized spacial score (nSPS) is 11.0. The van der Waals surface area contributed by atoms with Crippen LogP contribution >= 0.6 is 0 Å². The van der Waals surface area contributed by atoms with Crippen molar-refractivity contribution in [2.24, 2.45) is 0 Å². The van der Waals surface area contributed by atoms with Crippen LogP contribution in [0.3, 0.4) is 0 Å². The summed E-state index contributed by atoms with van der Waals surface area (Å²) in [5.41, 5.74) is -0.735. The number of aromatic nitrogens is 1. The third-order valence-electron chi connectivity index (χ3n) is 3.68. The Balaban J connectivity index is 2.47. The molecule has 0 atom stereocenters. The van der Waals surface area contributed by atoms with Gasteiger partial charge in [-0.15, -0.1) is 0 Å². The van der Waals surface area contributed by atoms with Crippen LogP contribution in [0.1, 0.15) is 41.5 Å². The fourth-order valence-electron chi connectivity index (χ4n) is 2.49. The minimum Gasteiger partial charge on any atom is -0.477 e. The smallest absolute Gasteiger partial charge is 0.341 e. The second-order valence-corrected chi connectivity index (χ2v) is 7.04. The highest BCUT2D eigenvalue weighted by molar-refractivity contribution is 5.91. The molecule has 0 unspecified atom stereocenters. The van der Waals surface area contributed by atoms with Crippen LogP contribution in [0.4, 0.5) is 0 Å². The summed E-state index contributed by atoms with van der Waals surface area (Å²) < 4.78 is 10.8. The molecule has 1 aromatic carbocycles. The van der Waals surface area contributed by atoms with Gasteiger partial charge in [0.25, 0.3) is 5.56 Å². The number of hydrogen-bond donors (Lipinski definition) is 1. The first-order valence-electron chi connectivity index (χ1n) is 8.40. The van der Waals surface area contributed by atoms with Crippen molar-refractivity contribution in [2.75, 3.05) is 7.11 Å². The van der Waals surface area contributed by atoms with Gasteiger partial charge < -0.3 is 19.1 Å². The van der Waals surface area contributed by atoms with Crippen molar-refractivity contribution in [3.05, 3.63) is 58.0 Å². The Hall–Kier alpha value is -3.42. The van der Waals surface area contributed by atoms with Gasteiger partial charge in [-0.3, -0.25) is 9.59 Å². The van der Waals surface area contributed by atoms with E-state index in [4.69, 9.17) is 4.74 Å². The molecule has 8 heteroatoms. The van der Waals surface area contributed by atoms with Crippen molar-refractivity contribution in [1.29, 1.82) is 0 Å². The summed E-state index contributed by atoms with van der Waals surface area (Å²) in [5, 5.41) is 9.34. The Morgan fingerprint density at radius 3 is 2.18 bits per heavy atom. The van der Waals surface area contributed by atoms with Gasteiger partial charge in [-0.25, -0.2) is 9.59 Å². The molecule has 0 saturated carbocycles. The number of esters is 2. The summed E-state index contributed by atoms with van der Waals surface area (Å²) in [6.45, 7) is 4.64. The van der Waals surface area contributed by atoms with E-state index >= 15 is 0 Å². The van der Waals surface area contributed by atoms with Gasteiger partial charge in [0.1, 0.15) is 17.7 Å². The second-order valence-electron chi connectivity index (χ2n) is 7.04. The summed E-state index contributed by atoms with van der Waals surface area (Å²) in [7, 11) is 1.27. The highest BCUT2D eigenvalue weighted by atomic mass is 16.6. The van der Waals surface area contributed by atoms with Crippen LogP contribution in [-0.2, 0) is 20.8 Å². The number of aromatic carboxylic acids is 1. The predicted molar refractivity (Wildman–Crippen MR) is 100 cm³/mol. The van der Waals surface area contributed by atoms with Crippen LogP contribution in [0.5, 0.6) is 0 Å². The zero-order valence-corrected chi connectivity index (χ0v) is 16.0. The topological polar surface area (TPSA) is 112 Å². The minimum absolute atomic E-state index is 0.326. The predicted octanol–water partition coefficient (Wildman–Crippen LogP) is 2.34. The molecule has 0 aliphatic carbocycles. The fraction of sp³-hybridized carbons (Fsp3) is 0.300. The average molecular weight is 387 g/mol. The molecule has 1 N–H and O–H groups in total. The third-order valence-corrected chi connectivity index (χ3v) is 3.68. The van der Waals surface area contributed by atoms with Crippen LogP contribution in [0.15, 0.2) is 41.3 Å². The monoisotopic (exact) mass is 387 g/mol. The molecule has 0 spiro atoms. The average Bonchev–Trinajstić information content (AvgIpc) is 2.61. The van der Waals surface area contributed by atoms with Gasteiger partial charge in [-0.2, -0.15) is 0 Å². The molecule has 2 aromatic rings. The molecule has 0 saturated heterocycles. The van der Waals surface area contributed by atoms with Crippen LogP contribution in [0.25, 0.3) is 11.1 Å². The minimum atomic E-state index is -1.41. The van der Waals surface area contributed by atoms with Crippen molar-refractivity contribution in [3.8, 4) is 11.1 Å². The summed E-state index contributed by atoms with van der Waals surface area (Å²) in [5.74, 6) is -2.58. The number of benzene rings is 1. The first-order chi connectivity index (χ1) is 13.0. The Bertz CT molecular complexity index is 966. The molecular weight excluding hydrogens is 366 g/mol. The molecule has 0 fully saturated rings. The maximum atomic E-state index is 12.4. The molecule has 2 rings (SSSR count). The van der Waals surface area contributed by atoms with Gasteiger partial charge in [0.2, 0.25) is 0 Å². The first-order valence-corrected chi connectivity index (χ1v) is 8.40. The van der Waals surface area contributed by atoms with Crippen LogP contribution in [0, 0.1) is 0 Å². The largest absolute Gasteiger partial charge is 0.477 e. The van der Waals surface area contributed by atoms with Crippen molar-refractivity contribution < 1.29 is 29.0 Å². The lowest BCUT2D eigenvalue weighted by Crippen LogP contribution is -2.32. The van der Waals surface area contributed by atoms with Crippen LogP contribution < -0.4 is 5.56 Å². The maximum absolute atomic E-state index is 12.4. The molecule has 1 aromatic heterocycles. The summed E-state index contributed by atoms with van der Waals surface area (Å²) in [6.07, 6.45) is 1.38. The Morgan fingerprint density at radius 2 is 1.68 bits per heavy atom. The van der Waals surface area contributed by atoms with Crippen molar-refractivity contribution in [3.63, 3.8) is 0 Å². The number of nitrogens with zero attached hydrogens (tertiary/aromatic N) is 1. The van der Waals surface area contributed by atoms with E-state index in [1.54, 1.807) is 32.9 Å². The highest BCUT2D eigenvalue weighted by Gasteiger charge is 2.20.